The summed E-state index contributed by atoms with van der Waals surface area (Å²) >= 11 is 0. The summed E-state index contributed by atoms with van der Waals surface area (Å²) in [7, 11) is 0. The summed E-state index contributed by atoms with van der Waals surface area (Å²) in [6.07, 6.45) is 14.0. The smallest absolute Gasteiger partial charge is 0.0249 e. The molecule has 0 aromatic heterocycles. The van der Waals surface area contributed by atoms with Crippen LogP contribution in [0, 0.1) is 35.5 Å². The van der Waals surface area contributed by atoms with E-state index in [0.29, 0.717) is 5.92 Å². The van der Waals surface area contributed by atoms with E-state index in [1.807, 2.05) is 12.2 Å². The average molecular weight is 319 g/mol. The van der Waals surface area contributed by atoms with Crippen LogP contribution in [0.25, 0.3) is 0 Å². The van der Waals surface area contributed by atoms with Gasteiger partial charge in [-0.15, -0.1) is 0 Å². The number of unbranched alkanes of at least 4 members (excludes halogenated alkanes) is 1. The van der Waals surface area contributed by atoms with Gasteiger partial charge in [0.1, 0.15) is 0 Å². The Labute approximate surface area is 148 Å². The predicted molar refractivity (Wildman–Crippen MR) is 105 cm³/mol. The van der Waals surface area contributed by atoms with Crippen LogP contribution >= 0.6 is 0 Å². The Hall–Kier alpha value is -1.92. The second-order valence-corrected chi connectivity index (χ2v) is 6.82. The Bertz CT molecular complexity index is 617. The molecular weight excluding hydrogens is 288 g/mol. The van der Waals surface area contributed by atoms with Gasteiger partial charge in [0.25, 0.3) is 0 Å². The topological polar surface area (TPSA) is 0 Å². The van der Waals surface area contributed by atoms with Crippen molar-refractivity contribution in [2.75, 3.05) is 0 Å². The van der Waals surface area contributed by atoms with Crippen molar-refractivity contribution < 1.29 is 0 Å². The molecule has 1 aliphatic rings. The number of aryl methyl sites for hydroxylation is 1. The number of benzene rings is 1. The lowest BCUT2D eigenvalue weighted by atomic mass is 9.81. The quantitative estimate of drug-likeness (QED) is 0.583. The third-order valence-electron chi connectivity index (χ3n) is 4.95. The maximum absolute atomic E-state index is 3.39. The fourth-order valence-corrected chi connectivity index (χ4v) is 3.22. The average Bonchev–Trinajstić information content (AvgIpc) is 2.64. The predicted octanol–water partition coefficient (Wildman–Crippen LogP) is 6.16. The lowest BCUT2D eigenvalue weighted by Gasteiger charge is -2.24. The zero-order valence-corrected chi connectivity index (χ0v) is 15.3. The third-order valence-corrected chi connectivity index (χ3v) is 4.95. The van der Waals surface area contributed by atoms with Crippen LogP contribution < -0.4 is 0 Å². The monoisotopic (exact) mass is 318 g/mol. The molecule has 0 aliphatic heterocycles. The van der Waals surface area contributed by atoms with E-state index in [-0.39, 0.29) is 0 Å². The second kappa shape index (κ2) is 10.8. The highest BCUT2D eigenvalue weighted by molar-refractivity contribution is 5.39. The van der Waals surface area contributed by atoms with E-state index in [1.165, 1.54) is 56.9 Å². The van der Waals surface area contributed by atoms with Crippen LogP contribution in [0.15, 0.2) is 36.4 Å². The fourth-order valence-electron chi connectivity index (χ4n) is 3.22. The van der Waals surface area contributed by atoms with Crippen molar-refractivity contribution in [2.45, 2.75) is 65.2 Å². The molecule has 0 radical (unpaired) electrons. The molecule has 1 saturated carbocycles. The van der Waals surface area contributed by atoms with Crippen LogP contribution in [0.5, 0.6) is 0 Å². The molecule has 1 fully saturated rings. The summed E-state index contributed by atoms with van der Waals surface area (Å²) in [6, 6.07) is 8.61. The van der Waals surface area contributed by atoms with Crippen LogP contribution in [0.1, 0.15) is 69.9 Å². The van der Waals surface area contributed by atoms with Gasteiger partial charge in [-0.05, 0) is 74.3 Å². The van der Waals surface area contributed by atoms with Crippen LogP contribution in [0.2, 0.25) is 0 Å². The number of hydrogen-bond acceptors (Lipinski definition) is 0. The highest BCUT2D eigenvalue weighted by Crippen LogP contribution is 2.29. The Kier molecular flexibility index (Phi) is 8.27. The number of allylic oxidation sites excluding steroid dienone is 2. The first-order valence-electron chi connectivity index (χ1n) is 9.58. The van der Waals surface area contributed by atoms with Gasteiger partial charge in [0, 0.05) is 11.5 Å². The van der Waals surface area contributed by atoms with E-state index in [1.54, 1.807) is 0 Å². The molecule has 0 saturated heterocycles. The minimum Gasteiger partial charge on any atom is -0.0951 e. The zero-order chi connectivity index (χ0) is 17.0. The Morgan fingerprint density at radius 2 is 1.67 bits per heavy atom. The van der Waals surface area contributed by atoms with Crippen molar-refractivity contribution in [1.29, 1.82) is 0 Å². The summed E-state index contributed by atoms with van der Waals surface area (Å²) in [5.41, 5.74) is 2.48. The molecule has 0 spiro atoms. The zero-order valence-electron chi connectivity index (χ0n) is 15.3. The van der Waals surface area contributed by atoms with E-state index in [2.05, 4.69) is 61.8 Å². The van der Waals surface area contributed by atoms with E-state index in [4.69, 9.17) is 0 Å². The molecule has 0 heteroatoms. The standard InChI is InChI=1S/C24H30/c1-3-5-10-22-17-19-24(20-18-22)12-9-7-6-8-11-23-15-13-21(4-2)14-16-23/h6-7,17-21,23H,3-5,10,13-16H2,1-2H3/b7-6+. The number of hydrogen-bond donors (Lipinski definition) is 0. The van der Waals surface area contributed by atoms with Crippen molar-refractivity contribution in [3.63, 3.8) is 0 Å². The van der Waals surface area contributed by atoms with Gasteiger partial charge in [-0.2, -0.15) is 0 Å². The largest absolute Gasteiger partial charge is 0.0951 e. The molecule has 2 rings (SSSR count). The Morgan fingerprint density at radius 3 is 2.33 bits per heavy atom. The summed E-state index contributed by atoms with van der Waals surface area (Å²) < 4.78 is 0. The molecule has 0 bridgehead atoms. The second-order valence-electron chi connectivity index (χ2n) is 6.82. The highest BCUT2D eigenvalue weighted by Gasteiger charge is 2.17. The first-order chi connectivity index (χ1) is 11.8. The van der Waals surface area contributed by atoms with Gasteiger partial charge in [-0.3, -0.25) is 0 Å². The van der Waals surface area contributed by atoms with Crippen LogP contribution in [0.4, 0.5) is 0 Å². The molecule has 0 nitrogen and oxygen atoms in total. The van der Waals surface area contributed by atoms with Crippen molar-refractivity contribution in [3.8, 4) is 23.7 Å². The van der Waals surface area contributed by atoms with Gasteiger partial charge in [0.15, 0.2) is 0 Å². The van der Waals surface area contributed by atoms with Crippen molar-refractivity contribution in [2.24, 2.45) is 11.8 Å². The van der Waals surface area contributed by atoms with E-state index in [0.717, 1.165) is 11.5 Å². The molecule has 1 aliphatic carbocycles. The van der Waals surface area contributed by atoms with Crippen LogP contribution in [0.3, 0.4) is 0 Å². The Balaban J connectivity index is 1.77. The third kappa shape index (κ3) is 6.68. The molecule has 24 heavy (non-hydrogen) atoms. The van der Waals surface area contributed by atoms with Gasteiger partial charge in [-0.1, -0.05) is 62.5 Å². The maximum Gasteiger partial charge on any atom is 0.0249 e. The maximum atomic E-state index is 3.39. The Morgan fingerprint density at radius 1 is 0.958 bits per heavy atom. The SMILES string of the molecule is CCCCc1ccc(C#C/C=C/C#CC2CCC(CC)CC2)cc1. The molecule has 1 aromatic carbocycles. The van der Waals surface area contributed by atoms with Gasteiger partial charge in [-0.25, -0.2) is 0 Å². The van der Waals surface area contributed by atoms with Crippen molar-refractivity contribution in [1.82, 2.24) is 0 Å². The molecule has 0 amide bonds. The molecule has 0 heterocycles. The van der Waals surface area contributed by atoms with Crippen LogP contribution in [-0.2, 0) is 6.42 Å². The van der Waals surface area contributed by atoms with E-state index < -0.39 is 0 Å². The van der Waals surface area contributed by atoms with Crippen LogP contribution in [-0.4, -0.2) is 0 Å². The molecule has 126 valence electrons. The summed E-state index contributed by atoms with van der Waals surface area (Å²) in [5.74, 6) is 14.4. The summed E-state index contributed by atoms with van der Waals surface area (Å²) in [5, 5.41) is 0. The van der Waals surface area contributed by atoms with Gasteiger partial charge in [0.2, 0.25) is 0 Å². The van der Waals surface area contributed by atoms with Crippen molar-refractivity contribution >= 4 is 0 Å². The first kappa shape index (κ1) is 18.4. The molecule has 0 N–H and O–H groups in total. The van der Waals surface area contributed by atoms with E-state index >= 15 is 0 Å². The first-order valence-corrected chi connectivity index (χ1v) is 9.58. The summed E-state index contributed by atoms with van der Waals surface area (Å²) in [6.45, 7) is 4.53. The highest BCUT2D eigenvalue weighted by atomic mass is 14.2. The summed E-state index contributed by atoms with van der Waals surface area (Å²) in [4.78, 5) is 0. The van der Waals surface area contributed by atoms with Gasteiger partial charge >= 0.3 is 0 Å². The minimum atomic E-state index is 0.598. The fraction of sp³-hybridized carbons (Fsp3) is 0.500. The normalized spacial score (nSPS) is 20.1. The van der Waals surface area contributed by atoms with Gasteiger partial charge in [0.05, 0.1) is 0 Å². The lowest BCUT2D eigenvalue weighted by molar-refractivity contribution is 0.309. The van der Waals surface area contributed by atoms with Gasteiger partial charge < -0.3 is 0 Å². The van der Waals surface area contributed by atoms with Crippen molar-refractivity contribution in [3.05, 3.63) is 47.5 Å². The number of rotatable bonds is 4. The molecular formula is C24H30. The molecule has 0 atom stereocenters. The molecule has 0 unspecified atom stereocenters. The molecule has 1 aromatic rings. The minimum absolute atomic E-state index is 0.598. The van der Waals surface area contributed by atoms with E-state index in [9.17, 15) is 0 Å². The lowest BCUT2D eigenvalue weighted by Crippen LogP contribution is -2.12.